The summed E-state index contributed by atoms with van der Waals surface area (Å²) in [5.74, 6) is 0.0253. The van der Waals surface area contributed by atoms with E-state index in [-0.39, 0.29) is 5.69 Å². The van der Waals surface area contributed by atoms with Gasteiger partial charge in [-0.25, -0.2) is 14.8 Å². The van der Waals surface area contributed by atoms with Crippen LogP contribution in [-0.2, 0) is 10.3 Å². The summed E-state index contributed by atoms with van der Waals surface area (Å²) in [5, 5.41) is 9.04. The van der Waals surface area contributed by atoms with E-state index in [1.807, 2.05) is 6.92 Å². The molecule has 1 aliphatic carbocycles. The lowest BCUT2D eigenvalue weighted by Crippen LogP contribution is -2.37. The Hall–Kier alpha value is -1.49. The molecule has 0 saturated heterocycles. The van der Waals surface area contributed by atoms with E-state index in [2.05, 4.69) is 16.9 Å². The molecule has 1 heterocycles. The van der Waals surface area contributed by atoms with E-state index in [1.165, 1.54) is 18.7 Å². The van der Waals surface area contributed by atoms with E-state index >= 15 is 0 Å². The Labute approximate surface area is 113 Å². The largest absolute Gasteiger partial charge is 0.477 e. The van der Waals surface area contributed by atoms with Crippen molar-refractivity contribution in [2.75, 3.05) is 6.61 Å². The van der Waals surface area contributed by atoms with Crippen molar-refractivity contribution in [1.82, 2.24) is 9.97 Å². The zero-order valence-electron chi connectivity index (χ0n) is 11.4. The van der Waals surface area contributed by atoms with Crippen LogP contribution in [0.5, 0.6) is 0 Å². The number of ether oxygens (including phenoxy) is 1. The van der Waals surface area contributed by atoms with Gasteiger partial charge in [0.25, 0.3) is 0 Å². The molecule has 1 fully saturated rings. The molecule has 1 saturated carbocycles. The maximum absolute atomic E-state index is 11.0. The van der Waals surface area contributed by atoms with E-state index in [1.54, 1.807) is 0 Å². The van der Waals surface area contributed by atoms with Crippen LogP contribution in [0.15, 0.2) is 12.3 Å². The van der Waals surface area contributed by atoms with Gasteiger partial charge in [-0.3, -0.25) is 0 Å². The molecule has 104 valence electrons. The summed E-state index contributed by atoms with van der Waals surface area (Å²) in [5.41, 5.74) is -0.486. The van der Waals surface area contributed by atoms with Crippen LogP contribution >= 0.6 is 0 Å². The summed E-state index contributed by atoms with van der Waals surface area (Å²) in [7, 11) is 0. The molecule has 2 rings (SSSR count). The predicted molar refractivity (Wildman–Crippen MR) is 69.9 cm³/mol. The molecule has 19 heavy (non-hydrogen) atoms. The standard InChI is InChI=1S/C14H20N2O3/c1-3-19-14(7-4-5-10(2)9-14)13-15-8-6-11(16-13)12(17)18/h6,8,10H,3-5,7,9H2,1-2H3,(H,17,18). The van der Waals surface area contributed by atoms with Crippen LogP contribution in [0.2, 0.25) is 0 Å². The molecule has 2 atom stereocenters. The number of carbonyl (C=O) groups is 1. The highest BCUT2D eigenvalue weighted by molar-refractivity contribution is 5.85. The van der Waals surface area contributed by atoms with Gasteiger partial charge >= 0.3 is 5.97 Å². The van der Waals surface area contributed by atoms with Crippen LogP contribution in [0.3, 0.4) is 0 Å². The van der Waals surface area contributed by atoms with Gasteiger partial charge in [-0.1, -0.05) is 13.3 Å². The van der Waals surface area contributed by atoms with Gasteiger partial charge in [0, 0.05) is 12.8 Å². The fourth-order valence-corrected chi connectivity index (χ4v) is 2.88. The molecule has 1 aliphatic rings. The van der Waals surface area contributed by atoms with Gasteiger partial charge in [-0.2, -0.15) is 0 Å². The number of rotatable bonds is 4. The summed E-state index contributed by atoms with van der Waals surface area (Å²) >= 11 is 0. The van der Waals surface area contributed by atoms with Gasteiger partial charge in [0.05, 0.1) is 0 Å². The second-order valence-corrected chi connectivity index (χ2v) is 5.20. The molecule has 5 heteroatoms. The van der Waals surface area contributed by atoms with Crippen molar-refractivity contribution >= 4 is 5.97 Å². The molecule has 0 spiro atoms. The first kappa shape index (κ1) is 13.9. The lowest BCUT2D eigenvalue weighted by Gasteiger charge is -2.38. The third-order valence-corrected chi connectivity index (χ3v) is 3.66. The van der Waals surface area contributed by atoms with Crippen molar-refractivity contribution in [3.8, 4) is 0 Å². The smallest absolute Gasteiger partial charge is 0.354 e. The highest BCUT2D eigenvalue weighted by atomic mass is 16.5. The van der Waals surface area contributed by atoms with Crippen LogP contribution in [-0.4, -0.2) is 27.7 Å². The summed E-state index contributed by atoms with van der Waals surface area (Å²) in [6, 6.07) is 1.41. The minimum Gasteiger partial charge on any atom is -0.477 e. The van der Waals surface area contributed by atoms with Crippen molar-refractivity contribution in [2.24, 2.45) is 5.92 Å². The second-order valence-electron chi connectivity index (χ2n) is 5.20. The van der Waals surface area contributed by atoms with Crippen LogP contribution in [0, 0.1) is 5.92 Å². The number of aromatic carboxylic acids is 1. The predicted octanol–water partition coefficient (Wildman–Crippen LogP) is 2.62. The molecule has 0 aromatic carbocycles. The SMILES string of the molecule is CCOC1(c2nccc(C(=O)O)n2)CCCC(C)C1. The van der Waals surface area contributed by atoms with E-state index in [4.69, 9.17) is 9.84 Å². The zero-order chi connectivity index (χ0) is 13.9. The Morgan fingerprint density at radius 3 is 3.05 bits per heavy atom. The first-order valence-electron chi connectivity index (χ1n) is 6.78. The molecule has 1 aromatic rings. The van der Waals surface area contributed by atoms with Crippen molar-refractivity contribution in [3.05, 3.63) is 23.8 Å². The highest BCUT2D eigenvalue weighted by Crippen LogP contribution is 2.41. The minimum absolute atomic E-state index is 0.0299. The molecule has 0 radical (unpaired) electrons. The molecule has 1 N–H and O–H groups in total. The lowest BCUT2D eigenvalue weighted by molar-refractivity contribution is -0.0881. The Morgan fingerprint density at radius 2 is 2.42 bits per heavy atom. The number of nitrogens with zero attached hydrogens (tertiary/aromatic N) is 2. The molecular weight excluding hydrogens is 244 g/mol. The maximum atomic E-state index is 11.0. The van der Waals surface area contributed by atoms with E-state index in [9.17, 15) is 4.79 Å². The maximum Gasteiger partial charge on any atom is 0.354 e. The fraction of sp³-hybridized carbons (Fsp3) is 0.643. The number of carboxylic acids is 1. The molecule has 1 aromatic heterocycles. The van der Waals surface area contributed by atoms with Crippen LogP contribution in [0.1, 0.15) is 55.8 Å². The van der Waals surface area contributed by atoms with E-state index in [0.29, 0.717) is 18.3 Å². The first-order valence-corrected chi connectivity index (χ1v) is 6.78. The monoisotopic (exact) mass is 264 g/mol. The molecule has 0 amide bonds. The summed E-state index contributed by atoms with van der Waals surface area (Å²) < 4.78 is 5.94. The fourth-order valence-electron chi connectivity index (χ4n) is 2.88. The Kier molecular flexibility index (Phi) is 4.14. The third kappa shape index (κ3) is 2.92. The highest BCUT2D eigenvalue weighted by Gasteiger charge is 2.40. The van der Waals surface area contributed by atoms with Crippen molar-refractivity contribution in [3.63, 3.8) is 0 Å². The average Bonchev–Trinajstić information content (AvgIpc) is 2.39. The Balaban J connectivity index is 2.37. The number of carboxylic acid groups (broad SMARTS) is 1. The van der Waals surface area contributed by atoms with E-state index < -0.39 is 11.6 Å². The lowest BCUT2D eigenvalue weighted by atomic mass is 9.78. The minimum atomic E-state index is -1.03. The van der Waals surface area contributed by atoms with Crippen molar-refractivity contribution < 1.29 is 14.6 Å². The topological polar surface area (TPSA) is 72.3 Å². The zero-order valence-corrected chi connectivity index (χ0v) is 11.4. The Morgan fingerprint density at radius 1 is 1.63 bits per heavy atom. The van der Waals surface area contributed by atoms with Gasteiger partial charge in [0.2, 0.25) is 0 Å². The molecule has 2 unspecified atom stereocenters. The van der Waals surface area contributed by atoms with Gasteiger partial charge in [0.1, 0.15) is 5.60 Å². The van der Waals surface area contributed by atoms with E-state index in [0.717, 1.165) is 19.3 Å². The number of hydrogen-bond donors (Lipinski definition) is 1. The third-order valence-electron chi connectivity index (χ3n) is 3.66. The average molecular weight is 264 g/mol. The Bertz CT molecular complexity index is 460. The van der Waals surface area contributed by atoms with Gasteiger partial charge < -0.3 is 9.84 Å². The molecule has 5 nitrogen and oxygen atoms in total. The van der Waals surface area contributed by atoms with Crippen LogP contribution in [0.25, 0.3) is 0 Å². The summed E-state index contributed by atoms with van der Waals surface area (Å²) in [4.78, 5) is 19.5. The number of hydrogen-bond acceptors (Lipinski definition) is 4. The van der Waals surface area contributed by atoms with Gasteiger partial charge in [0.15, 0.2) is 11.5 Å². The normalized spacial score (nSPS) is 27.2. The van der Waals surface area contributed by atoms with Crippen LogP contribution in [0.4, 0.5) is 0 Å². The number of aromatic nitrogens is 2. The first-order chi connectivity index (χ1) is 9.07. The quantitative estimate of drug-likeness (QED) is 0.905. The second kappa shape index (κ2) is 5.65. The van der Waals surface area contributed by atoms with Gasteiger partial charge in [-0.05, 0) is 38.2 Å². The molecule has 0 bridgehead atoms. The summed E-state index contributed by atoms with van der Waals surface area (Å²) in [6.07, 6.45) is 5.44. The van der Waals surface area contributed by atoms with Crippen LogP contribution < -0.4 is 0 Å². The van der Waals surface area contributed by atoms with Gasteiger partial charge in [-0.15, -0.1) is 0 Å². The van der Waals surface area contributed by atoms with Crippen molar-refractivity contribution in [1.29, 1.82) is 0 Å². The van der Waals surface area contributed by atoms with Crippen molar-refractivity contribution in [2.45, 2.75) is 45.1 Å². The molecule has 0 aliphatic heterocycles. The summed E-state index contributed by atoms with van der Waals surface area (Å²) in [6.45, 7) is 4.71. The molecular formula is C14H20N2O3.